The fourth-order valence-electron chi connectivity index (χ4n) is 7.95. The first-order valence-corrected chi connectivity index (χ1v) is 10.1. The van der Waals surface area contributed by atoms with E-state index in [-0.39, 0.29) is 24.2 Å². The minimum atomic E-state index is -0.405. The summed E-state index contributed by atoms with van der Waals surface area (Å²) in [5.41, 5.74) is 2.01. The molecule has 0 amide bonds. The smallest absolute Gasteiger partial charge is 0.0850 e. The van der Waals surface area contributed by atoms with Crippen LogP contribution in [-0.4, -0.2) is 35.1 Å². The van der Waals surface area contributed by atoms with Crippen LogP contribution in [0.25, 0.3) is 0 Å². The first-order valence-electron chi connectivity index (χ1n) is 10.1. The topological polar surface area (TPSA) is 49.7 Å². The van der Waals surface area contributed by atoms with Gasteiger partial charge in [-0.05, 0) is 79.4 Å². The second kappa shape index (κ2) is 5.08. The van der Waals surface area contributed by atoms with E-state index in [9.17, 15) is 10.2 Å². The Morgan fingerprint density at radius 1 is 1.17 bits per heavy atom. The van der Waals surface area contributed by atoms with Crippen molar-refractivity contribution in [1.82, 2.24) is 0 Å². The molecule has 2 saturated heterocycles. The number of aliphatic hydroxyl groups is 2. The molecular formula is C21H32O3. The molecule has 5 fully saturated rings. The Balaban J connectivity index is 1.66. The Labute approximate surface area is 145 Å². The largest absolute Gasteiger partial charge is 0.394 e. The monoisotopic (exact) mass is 332 g/mol. The molecule has 3 saturated carbocycles. The van der Waals surface area contributed by atoms with Crippen molar-refractivity contribution in [3.05, 3.63) is 11.6 Å². The van der Waals surface area contributed by atoms with E-state index in [2.05, 4.69) is 19.9 Å². The van der Waals surface area contributed by atoms with Crippen LogP contribution in [0, 0.1) is 34.5 Å². The van der Waals surface area contributed by atoms with Gasteiger partial charge in [0.15, 0.2) is 0 Å². The molecule has 2 aliphatic heterocycles. The fourth-order valence-corrected chi connectivity index (χ4v) is 7.95. The highest BCUT2D eigenvalue weighted by Gasteiger charge is 2.62. The Bertz CT molecular complexity index is 571. The van der Waals surface area contributed by atoms with Crippen molar-refractivity contribution < 1.29 is 14.9 Å². The van der Waals surface area contributed by atoms with Crippen LogP contribution in [0.5, 0.6) is 0 Å². The van der Waals surface area contributed by atoms with Crippen LogP contribution in [0.15, 0.2) is 11.6 Å². The molecule has 0 radical (unpaired) electrons. The summed E-state index contributed by atoms with van der Waals surface area (Å²) in [7, 11) is 0. The van der Waals surface area contributed by atoms with Crippen molar-refractivity contribution in [3.63, 3.8) is 0 Å². The minimum absolute atomic E-state index is 0.0934. The van der Waals surface area contributed by atoms with Crippen molar-refractivity contribution in [3.8, 4) is 0 Å². The molecule has 6 rings (SSSR count). The summed E-state index contributed by atoms with van der Waals surface area (Å²) in [6.07, 6.45) is 9.91. The maximum atomic E-state index is 10.7. The maximum absolute atomic E-state index is 10.7. The third-order valence-electron chi connectivity index (χ3n) is 9.16. The SMILES string of the molecule is C[C@@]12CC[C@H]3[C@H]4CC=C5CC(O)C(C[C@@]53C)OC(CO)[C@H]1CC[C@@H]42. The van der Waals surface area contributed by atoms with E-state index in [1.54, 1.807) is 0 Å². The van der Waals surface area contributed by atoms with Gasteiger partial charge in [-0.3, -0.25) is 0 Å². The predicted octanol–water partition coefficient (Wildman–Crippen LogP) is 3.30. The van der Waals surface area contributed by atoms with Crippen LogP contribution in [0.4, 0.5) is 0 Å². The molecule has 7 bridgehead atoms. The van der Waals surface area contributed by atoms with Crippen molar-refractivity contribution in [2.45, 2.75) is 77.1 Å². The summed E-state index contributed by atoms with van der Waals surface area (Å²) in [4.78, 5) is 0. The summed E-state index contributed by atoms with van der Waals surface area (Å²) >= 11 is 0. The zero-order chi connectivity index (χ0) is 16.7. The van der Waals surface area contributed by atoms with Crippen molar-refractivity contribution in [1.29, 1.82) is 0 Å². The normalized spacial score (nSPS) is 58.7. The predicted molar refractivity (Wildman–Crippen MR) is 92.3 cm³/mol. The second-order valence-corrected chi connectivity index (χ2v) is 9.86. The quantitative estimate of drug-likeness (QED) is 0.725. The number of allylic oxidation sites excluding steroid dienone is 1. The summed E-state index contributed by atoms with van der Waals surface area (Å²) in [6, 6.07) is 0. The maximum Gasteiger partial charge on any atom is 0.0850 e. The molecule has 0 spiro atoms. The molecule has 0 aromatic rings. The zero-order valence-electron chi connectivity index (χ0n) is 15.1. The first kappa shape index (κ1) is 15.8. The Kier molecular flexibility index (Phi) is 3.35. The summed E-state index contributed by atoms with van der Waals surface area (Å²) in [6.45, 7) is 5.03. The number of hydrogen-bond donors (Lipinski definition) is 2. The highest BCUT2D eigenvalue weighted by Crippen LogP contribution is 2.67. The average Bonchev–Trinajstić information content (AvgIpc) is 2.90. The Morgan fingerprint density at radius 2 is 1.96 bits per heavy atom. The highest BCUT2D eigenvalue weighted by molar-refractivity contribution is 5.27. The van der Waals surface area contributed by atoms with E-state index in [1.807, 2.05) is 0 Å². The highest BCUT2D eigenvalue weighted by atomic mass is 16.5. The number of aliphatic hydroxyl groups excluding tert-OH is 2. The lowest BCUT2D eigenvalue weighted by Crippen LogP contribution is -2.57. The van der Waals surface area contributed by atoms with E-state index < -0.39 is 6.10 Å². The molecule has 4 aliphatic carbocycles. The number of fused-ring (bicyclic) bond motifs is 2. The fraction of sp³-hybridized carbons (Fsp3) is 0.905. The van der Waals surface area contributed by atoms with Gasteiger partial charge in [0, 0.05) is 0 Å². The van der Waals surface area contributed by atoms with Gasteiger partial charge in [0.25, 0.3) is 0 Å². The molecule has 2 N–H and O–H groups in total. The Hall–Kier alpha value is -0.380. The van der Waals surface area contributed by atoms with E-state index in [1.165, 1.54) is 37.7 Å². The van der Waals surface area contributed by atoms with Gasteiger partial charge in [0.05, 0.1) is 24.9 Å². The molecule has 134 valence electrons. The van der Waals surface area contributed by atoms with E-state index in [4.69, 9.17) is 4.74 Å². The van der Waals surface area contributed by atoms with Gasteiger partial charge in [-0.25, -0.2) is 0 Å². The molecule has 3 heteroatoms. The van der Waals surface area contributed by atoms with E-state index >= 15 is 0 Å². The summed E-state index contributed by atoms with van der Waals surface area (Å²) in [5, 5.41) is 20.8. The molecule has 0 aromatic carbocycles. The van der Waals surface area contributed by atoms with Crippen molar-refractivity contribution in [2.75, 3.05) is 6.61 Å². The number of hydrogen-bond acceptors (Lipinski definition) is 3. The molecular weight excluding hydrogens is 300 g/mol. The average molecular weight is 332 g/mol. The van der Waals surface area contributed by atoms with Crippen LogP contribution in [0.3, 0.4) is 0 Å². The van der Waals surface area contributed by atoms with Crippen LogP contribution in [0.1, 0.15) is 58.8 Å². The van der Waals surface area contributed by atoms with Gasteiger partial charge in [-0.15, -0.1) is 0 Å². The lowest BCUT2D eigenvalue weighted by atomic mass is 9.46. The molecule has 0 aromatic heterocycles. The lowest BCUT2D eigenvalue weighted by Gasteiger charge is -2.60. The van der Waals surface area contributed by atoms with Gasteiger partial charge in [0.2, 0.25) is 0 Å². The van der Waals surface area contributed by atoms with Crippen LogP contribution >= 0.6 is 0 Å². The van der Waals surface area contributed by atoms with Crippen LogP contribution < -0.4 is 0 Å². The first-order chi connectivity index (χ1) is 11.5. The molecule has 9 atom stereocenters. The number of rotatable bonds is 1. The second-order valence-electron chi connectivity index (χ2n) is 9.86. The van der Waals surface area contributed by atoms with Gasteiger partial charge in [-0.2, -0.15) is 0 Å². The molecule has 6 aliphatic rings. The molecule has 24 heavy (non-hydrogen) atoms. The van der Waals surface area contributed by atoms with Crippen LogP contribution in [0.2, 0.25) is 0 Å². The minimum Gasteiger partial charge on any atom is -0.394 e. The van der Waals surface area contributed by atoms with E-state index in [0.29, 0.717) is 11.3 Å². The summed E-state index contributed by atoms with van der Waals surface area (Å²) in [5.74, 6) is 2.81. The van der Waals surface area contributed by atoms with Crippen molar-refractivity contribution in [2.24, 2.45) is 34.5 Å². The van der Waals surface area contributed by atoms with E-state index in [0.717, 1.165) is 30.6 Å². The Morgan fingerprint density at radius 3 is 2.75 bits per heavy atom. The van der Waals surface area contributed by atoms with Gasteiger partial charge < -0.3 is 14.9 Å². The van der Waals surface area contributed by atoms with Crippen molar-refractivity contribution >= 4 is 0 Å². The lowest BCUT2D eigenvalue weighted by molar-refractivity contribution is -0.181. The van der Waals surface area contributed by atoms with Gasteiger partial charge in [-0.1, -0.05) is 25.5 Å². The van der Waals surface area contributed by atoms with Crippen LogP contribution in [-0.2, 0) is 4.74 Å². The molecule has 2 heterocycles. The molecule has 3 unspecified atom stereocenters. The number of ether oxygens (including phenoxy) is 1. The standard InChI is InChI=1S/C21H32O3/c1-20-8-7-15-13-4-3-12-9-17(23)18(10-21(12,15)2)24-19(11-22)16(20)6-5-14(13)20/h3,13-19,22-23H,4-11H2,1-2H3/t13-,14-,15-,16+,17?,18?,19?,20-,21-/m0/s1. The van der Waals surface area contributed by atoms with Gasteiger partial charge in [0.1, 0.15) is 0 Å². The van der Waals surface area contributed by atoms with Gasteiger partial charge >= 0.3 is 0 Å². The zero-order valence-corrected chi connectivity index (χ0v) is 15.1. The third kappa shape index (κ3) is 1.84. The molecule has 3 nitrogen and oxygen atoms in total. The summed E-state index contributed by atoms with van der Waals surface area (Å²) < 4.78 is 6.45. The third-order valence-corrected chi connectivity index (χ3v) is 9.16.